The molecule has 1 aliphatic rings. The number of rotatable bonds is 8. The monoisotopic (exact) mass is 513 g/mol. The van der Waals surface area contributed by atoms with E-state index in [1.165, 1.54) is 13.2 Å². The minimum atomic E-state index is -0.169. The molecule has 0 spiro atoms. The van der Waals surface area contributed by atoms with Gasteiger partial charge in [0.15, 0.2) is 17.5 Å². The van der Waals surface area contributed by atoms with Gasteiger partial charge in [-0.2, -0.15) is 0 Å². The van der Waals surface area contributed by atoms with E-state index in [0.717, 1.165) is 42.9 Å². The van der Waals surface area contributed by atoms with Gasteiger partial charge in [-0.3, -0.25) is 4.99 Å². The first kappa shape index (κ1) is 23.3. The van der Waals surface area contributed by atoms with Crippen molar-refractivity contribution in [2.24, 2.45) is 4.99 Å². The molecule has 2 aromatic rings. The van der Waals surface area contributed by atoms with E-state index in [4.69, 9.17) is 9.73 Å². The van der Waals surface area contributed by atoms with Gasteiger partial charge in [0, 0.05) is 18.5 Å². The number of phenolic OH excluding ortho intramolecular Hbond substituents is 1. The molecule has 0 aromatic heterocycles. The van der Waals surface area contributed by atoms with E-state index < -0.39 is 0 Å². The number of nitrogens with one attached hydrogen (secondary N) is 2. The third kappa shape index (κ3) is 5.98. The van der Waals surface area contributed by atoms with Crippen molar-refractivity contribution in [2.45, 2.75) is 31.6 Å². The topological polar surface area (TPSA) is 65.9 Å². The Labute approximate surface area is 188 Å². The number of aromatic hydroxyl groups is 1. The minimum Gasteiger partial charge on any atom is -0.504 e. The fourth-order valence-corrected chi connectivity index (χ4v) is 3.33. The SMILES string of the molecule is CCNC(=NCC1(c2ccccc2F)CC1)NCCc1ccc(O)c(OC)c1.I. The molecule has 7 heteroatoms. The summed E-state index contributed by atoms with van der Waals surface area (Å²) in [5.74, 6) is 1.20. The molecule has 2 aromatic carbocycles. The summed E-state index contributed by atoms with van der Waals surface area (Å²) in [6, 6.07) is 12.3. The first-order chi connectivity index (χ1) is 13.6. The number of nitrogens with zero attached hydrogens (tertiary/aromatic N) is 1. The van der Waals surface area contributed by atoms with E-state index in [1.54, 1.807) is 12.1 Å². The largest absolute Gasteiger partial charge is 0.504 e. The van der Waals surface area contributed by atoms with E-state index in [9.17, 15) is 9.50 Å². The highest BCUT2D eigenvalue weighted by atomic mass is 127. The van der Waals surface area contributed by atoms with Crippen LogP contribution >= 0.6 is 24.0 Å². The summed E-state index contributed by atoms with van der Waals surface area (Å²) in [5.41, 5.74) is 1.66. The fourth-order valence-electron chi connectivity index (χ4n) is 3.33. The van der Waals surface area contributed by atoms with Gasteiger partial charge in [-0.1, -0.05) is 24.3 Å². The van der Waals surface area contributed by atoms with Crippen LogP contribution in [0, 0.1) is 5.82 Å². The number of hydrogen-bond donors (Lipinski definition) is 3. The minimum absolute atomic E-state index is 0. The van der Waals surface area contributed by atoms with Crippen molar-refractivity contribution in [1.82, 2.24) is 10.6 Å². The first-order valence-electron chi connectivity index (χ1n) is 9.71. The van der Waals surface area contributed by atoms with Crippen molar-refractivity contribution in [2.75, 3.05) is 26.7 Å². The van der Waals surface area contributed by atoms with Crippen LogP contribution in [0.2, 0.25) is 0 Å². The molecule has 0 heterocycles. The van der Waals surface area contributed by atoms with Gasteiger partial charge in [-0.05, 0) is 55.5 Å². The Bertz CT molecular complexity index is 841. The van der Waals surface area contributed by atoms with E-state index in [1.807, 2.05) is 31.2 Å². The van der Waals surface area contributed by atoms with Crippen LogP contribution in [0.4, 0.5) is 4.39 Å². The maximum atomic E-state index is 14.2. The lowest BCUT2D eigenvalue weighted by atomic mass is 9.95. The lowest BCUT2D eigenvalue weighted by Gasteiger charge is -2.16. The molecule has 3 rings (SSSR count). The van der Waals surface area contributed by atoms with Crippen LogP contribution < -0.4 is 15.4 Å². The number of ether oxygens (including phenoxy) is 1. The Morgan fingerprint density at radius 3 is 2.62 bits per heavy atom. The zero-order valence-corrected chi connectivity index (χ0v) is 19.2. The van der Waals surface area contributed by atoms with Crippen LogP contribution in [0.3, 0.4) is 0 Å². The molecule has 1 fully saturated rings. The normalized spacial score (nSPS) is 14.7. The van der Waals surface area contributed by atoms with Crippen molar-refractivity contribution in [3.05, 3.63) is 59.4 Å². The lowest BCUT2D eigenvalue weighted by Crippen LogP contribution is -2.39. The molecule has 0 bridgehead atoms. The molecule has 0 unspecified atom stereocenters. The predicted octanol–water partition coefficient (Wildman–Crippen LogP) is 3.99. The van der Waals surface area contributed by atoms with Crippen molar-refractivity contribution in [3.63, 3.8) is 0 Å². The average Bonchev–Trinajstić information content (AvgIpc) is 3.48. The second-order valence-corrected chi connectivity index (χ2v) is 7.14. The summed E-state index contributed by atoms with van der Waals surface area (Å²) < 4.78 is 19.3. The number of guanidine groups is 1. The number of aliphatic imine (C=N–C) groups is 1. The maximum absolute atomic E-state index is 14.2. The van der Waals surface area contributed by atoms with Gasteiger partial charge in [-0.25, -0.2) is 4.39 Å². The molecule has 29 heavy (non-hydrogen) atoms. The molecule has 0 saturated heterocycles. The molecule has 0 amide bonds. The predicted molar refractivity (Wildman–Crippen MR) is 125 cm³/mol. The lowest BCUT2D eigenvalue weighted by molar-refractivity contribution is 0.373. The Morgan fingerprint density at radius 1 is 1.21 bits per heavy atom. The number of hydrogen-bond acceptors (Lipinski definition) is 3. The van der Waals surface area contributed by atoms with Gasteiger partial charge >= 0.3 is 0 Å². The van der Waals surface area contributed by atoms with Gasteiger partial charge in [0.2, 0.25) is 0 Å². The third-order valence-electron chi connectivity index (χ3n) is 5.13. The van der Waals surface area contributed by atoms with Gasteiger partial charge in [0.05, 0.1) is 13.7 Å². The number of methoxy groups -OCH3 is 1. The van der Waals surface area contributed by atoms with Crippen LogP contribution in [-0.2, 0) is 11.8 Å². The molecule has 0 atom stereocenters. The van der Waals surface area contributed by atoms with E-state index in [2.05, 4.69) is 10.6 Å². The molecule has 1 saturated carbocycles. The third-order valence-corrected chi connectivity index (χ3v) is 5.13. The number of halogens is 2. The van der Waals surface area contributed by atoms with Crippen molar-refractivity contribution in [3.8, 4) is 11.5 Å². The Morgan fingerprint density at radius 2 is 1.97 bits per heavy atom. The zero-order valence-electron chi connectivity index (χ0n) is 16.9. The summed E-state index contributed by atoms with van der Waals surface area (Å²) in [5, 5.41) is 16.3. The van der Waals surface area contributed by atoms with Gasteiger partial charge in [-0.15, -0.1) is 24.0 Å². The van der Waals surface area contributed by atoms with Crippen LogP contribution in [0.5, 0.6) is 11.5 Å². The molecule has 5 nitrogen and oxygen atoms in total. The molecule has 3 N–H and O–H groups in total. The summed E-state index contributed by atoms with van der Waals surface area (Å²) in [7, 11) is 1.54. The Balaban J connectivity index is 0.00000300. The van der Waals surface area contributed by atoms with Gasteiger partial charge in [0.25, 0.3) is 0 Å². The number of benzene rings is 2. The molecular weight excluding hydrogens is 484 g/mol. The Hall–Kier alpha value is -2.03. The second-order valence-electron chi connectivity index (χ2n) is 7.14. The van der Waals surface area contributed by atoms with Crippen molar-refractivity contribution < 1.29 is 14.2 Å². The fraction of sp³-hybridized carbons (Fsp3) is 0.409. The molecule has 1 aliphatic carbocycles. The van der Waals surface area contributed by atoms with E-state index in [0.29, 0.717) is 18.8 Å². The molecule has 0 radical (unpaired) electrons. The van der Waals surface area contributed by atoms with Gasteiger partial charge < -0.3 is 20.5 Å². The van der Waals surface area contributed by atoms with Gasteiger partial charge in [0.1, 0.15) is 5.82 Å². The number of phenols is 1. The standard InChI is InChI=1S/C22H28FN3O2.HI/c1-3-24-21(25-13-10-16-8-9-19(27)20(14-16)28-2)26-15-22(11-12-22)17-6-4-5-7-18(17)23;/h4-9,14,27H,3,10-13,15H2,1-2H3,(H2,24,25,26);1H. The summed E-state index contributed by atoms with van der Waals surface area (Å²) >= 11 is 0. The second kappa shape index (κ2) is 10.7. The van der Waals surface area contributed by atoms with Crippen molar-refractivity contribution >= 4 is 29.9 Å². The Kier molecular flexibility index (Phi) is 8.55. The van der Waals surface area contributed by atoms with Crippen LogP contribution in [0.15, 0.2) is 47.5 Å². The maximum Gasteiger partial charge on any atom is 0.191 e. The molecule has 158 valence electrons. The highest BCUT2D eigenvalue weighted by molar-refractivity contribution is 14.0. The van der Waals surface area contributed by atoms with E-state index in [-0.39, 0.29) is 41.0 Å². The highest BCUT2D eigenvalue weighted by Gasteiger charge is 2.45. The first-order valence-corrected chi connectivity index (χ1v) is 9.71. The molecule has 0 aliphatic heterocycles. The summed E-state index contributed by atoms with van der Waals surface area (Å²) in [4.78, 5) is 4.71. The van der Waals surface area contributed by atoms with Crippen LogP contribution in [0.1, 0.15) is 30.9 Å². The van der Waals surface area contributed by atoms with Crippen molar-refractivity contribution in [1.29, 1.82) is 0 Å². The van der Waals surface area contributed by atoms with E-state index >= 15 is 0 Å². The highest BCUT2D eigenvalue weighted by Crippen LogP contribution is 2.49. The van der Waals surface area contributed by atoms with Crippen LogP contribution in [-0.4, -0.2) is 37.8 Å². The molecular formula is C22H29FIN3O2. The zero-order chi connectivity index (χ0) is 20.0. The summed E-state index contributed by atoms with van der Waals surface area (Å²) in [6.45, 7) is 4.03. The average molecular weight is 513 g/mol. The quantitative estimate of drug-likeness (QED) is 0.284. The summed E-state index contributed by atoms with van der Waals surface area (Å²) in [6.07, 6.45) is 2.69. The smallest absolute Gasteiger partial charge is 0.191 e. The van der Waals surface area contributed by atoms with Crippen LogP contribution in [0.25, 0.3) is 0 Å².